The molecule has 0 radical (unpaired) electrons. The monoisotopic (exact) mass is 279 g/mol. The Labute approximate surface area is 116 Å². The van der Waals surface area contributed by atoms with E-state index in [0.717, 1.165) is 0 Å². The number of amides is 3. The van der Waals surface area contributed by atoms with Crippen molar-refractivity contribution in [3.05, 3.63) is 35.9 Å². The fourth-order valence-electron chi connectivity index (χ4n) is 1.53. The number of imide groups is 1. The fourth-order valence-corrected chi connectivity index (χ4v) is 1.53. The third-order valence-electron chi connectivity index (χ3n) is 2.52. The van der Waals surface area contributed by atoms with Crippen LogP contribution in [0.1, 0.15) is 11.6 Å². The van der Waals surface area contributed by atoms with E-state index in [4.69, 9.17) is 0 Å². The normalized spacial score (nSPS) is 11.3. The van der Waals surface area contributed by atoms with Gasteiger partial charge in [-0.1, -0.05) is 30.3 Å². The first-order valence-corrected chi connectivity index (χ1v) is 5.96. The zero-order valence-corrected chi connectivity index (χ0v) is 11.3. The van der Waals surface area contributed by atoms with Gasteiger partial charge in [-0.2, -0.15) is 0 Å². The molecule has 1 atom stereocenters. The molecule has 7 heteroatoms. The highest BCUT2D eigenvalue weighted by Gasteiger charge is 2.21. The van der Waals surface area contributed by atoms with Crippen molar-refractivity contribution >= 4 is 17.9 Å². The molecule has 0 aliphatic rings. The van der Waals surface area contributed by atoms with Crippen LogP contribution in [0.15, 0.2) is 30.3 Å². The highest BCUT2D eigenvalue weighted by atomic mass is 16.5. The maximum absolute atomic E-state index is 11.7. The van der Waals surface area contributed by atoms with Crippen LogP contribution in [0.2, 0.25) is 0 Å². The second-order valence-electron chi connectivity index (χ2n) is 3.88. The van der Waals surface area contributed by atoms with Crippen LogP contribution in [-0.4, -0.2) is 38.6 Å². The van der Waals surface area contributed by atoms with Gasteiger partial charge in [-0.3, -0.25) is 15.4 Å². The minimum atomic E-state index is -0.767. The van der Waals surface area contributed by atoms with Gasteiger partial charge < -0.3 is 10.1 Å². The summed E-state index contributed by atoms with van der Waals surface area (Å²) < 4.78 is 4.69. The fraction of sp³-hybridized carbons (Fsp3) is 0.308. The van der Waals surface area contributed by atoms with Gasteiger partial charge in [0.25, 0.3) is 0 Å². The zero-order valence-electron chi connectivity index (χ0n) is 11.3. The lowest BCUT2D eigenvalue weighted by Crippen LogP contribution is -2.43. The lowest BCUT2D eigenvalue weighted by molar-refractivity contribution is -0.143. The van der Waals surface area contributed by atoms with Crippen LogP contribution < -0.4 is 16.0 Å². The van der Waals surface area contributed by atoms with Crippen LogP contribution in [0.3, 0.4) is 0 Å². The molecule has 0 heterocycles. The van der Waals surface area contributed by atoms with Crippen LogP contribution >= 0.6 is 0 Å². The number of carbonyl (C=O) groups is 3. The summed E-state index contributed by atoms with van der Waals surface area (Å²) in [4.78, 5) is 34.1. The Morgan fingerprint density at radius 1 is 1.20 bits per heavy atom. The third kappa shape index (κ3) is 4.69. The van der Waals surface area contributed by atoms with Gasteiger partial charge in [-0.05, 0) is 5.56 Å². The van der Waals surface area contributed by atoms with E-state index in [1.807, 2.05) is 6.07 Å². The second-order valence-corrected chi connectivity index (χ2v) is 3.88. The Bertz CT molecular complexity index is 476. The van der Waals surface area contributed by atoms with Crippen molar-refractivity contribution in [3.63, 3.8) is 0 Å². The Morgan fingerprint density at radius 2 is 1.85 bits per heavy atom. The Kier molecular flexibility index (Phi) is 6.18. The highest BCUT2D eigenvalue weighted by molar-refractivity contribution is 5.95. The van der Waals surface area contributed by atoms with Crippen molar-refractivity contribution in [1.82, 2.24) is 16.0 Å². The quantitative estimate of drug-likeness (QED) is 0.656. The van der Waals surface area contributed by atoms with E-state index < -0.39 is 23.9 Å². The van der Waals surface area contributed by atoms with Crippen LogP contribution in [-0.2, 0) is 14.3 Å². The molecule has 0 saturated carbocycles. The number of methoxy groups -OCH3 is 1. The highest BCUT2D eigenvalue weighted by Crippen LogP contribution is 2.13. The van der Waals surface area contributed by atoms with E-state index in [9.17, 15) is 14.4 Å². The lowest BCUT2D eigenvalue weighted by Gasteiger charge is -2.16. The number of carbonyl (C=O) groups excluding carboxylic acids is 3. The molecular formula is C13H17N3O4. The van der Waals surface area contributed by atoms with Gasteiger partial charge in [0.15, 0.2) is 0 Å². The topological polar surface area (TPSA) is 96.5 Å². The average molecular weight is 279 g/mol. The molecule has 1 aromatic carbocycles. The molecule has 3 N–H and O–H groups in total. The smallest absolute Gasteiger partial charge is 0.327 e. The minimum absolute atomic E-state index is 0.192. The molecular weight excluding hydrogens is 262 g/mol. The van der Waals surface area contributed by atoms with E-state index in [1.54, 1.807) is 24.3 Å². The predicted molar refractivity (Wildman–Crippen MR) is 71.8 cm³/mol. The average Bonchev–Trinajstić information content (AvgIpc) is 2.48. The van der Waals surface area contributed by atoms with Crippen LogP contribution in [0.25, 0.3) is 0 Å². The summed E-state index contributed by atoms with van der Waals surface area (Å²) in [6.45, 7) is -0.192. The summed E-state index contributed by atoms with van der Waals surface area (Å²) >= 11 is 0. The summed E-state index contributed by atoms with van der Waals surface area (Å²) in [6.07, 6.45) is 0. The van der Waals surface area contributed by atoms with E-state index >= 15 is 0 Å². The Morgan fingerprint density at radius 3 is 2.40 bits per heavy atom. The first kappa shape index (κ1) is 15.6. The molecule has 0 aromatic heterocycles. The molecule has 1 unspecified atom stereocenters. The third-order valence-corrected chi connectivity index (χ3v) is 2.52. The first-order chi connectivity index (χ1) is 9.58. The van der Waals surface area contributed by atoms with Crippen LogP contribution in [0.4, 0.5) is 4.79 Å². The maximum atomic E-state index is 11.7. The summed E-state index contributed by atoms with van der Waals surface area (Å²) in [5, 5.41) is 7.10. The van der Waals surface area contributed by atoms with Crippen molar-refractivity contribution in [3.8, 4) is 0 Å². The second kappa shape index (κ2) is 7.90. The van der Waals surface area contributed by atoms with Gasteiger partial charge in [0.1, 0.15) is 6.04 Å². The van der Waals surface area contributed by atoms with Crippen molar-refractivity contribution in [2.75, 3.05) is 20.7 Å². The molecule has 0 saturated heterocycles. The number of ether oxygens (including phenoxy) is 1. The summed E-state index contributed by atoms with van der Waals surface area (Å²) in [5.74, 6) is -1.06. The van der Waals surface area contributed by atoms with E-state index in [0.29, 0.717) is 5.56 Å². The molecule has 1 aromatic rings. The number of rotatable bonds is 5. The van der Waals surface area contributed by atoms with Crippen molar-refractivity contribution < 1.29 is 19.1 Å². The molecule has 20 heavy (non-hydrogen) atoms. The van der Waals surface area contributed by atoms with Crippen LogP contribution in [0.5, 0.6) is 0 Å². The van der Waals surface area contributed by atoms with Gasteiger partial charge in [0.05, 0.1) is 13.7 Å². The SMILES string of the molecule is CNC(=O)NC(=O)CNC(C(=O)OC)c1ccccc1. The molecule has 1 rings (SSSR count). The molecule has 108 valence electrons. The van der Waals surface area contributed by atoms with Gasteiger partial charge in [-0.15, -0.1) is 0 Å². The number of hydrogen-bond donors (Lipinski definition) is 3. The summed E-state index contributed by atoms with van der Waals surface area (Å²) in [6, 6.07) is 7.48. The Balaban J connectivity index is 2.65. The summed E-state index contributed by atoms with van der Waals surface area (Å²) in [7, 11) is 2.67. The van der Waals surface area contributed by atoms with Gasteiger partial charge in [0.2, 0.25) is 5.91 Å². The number of urea groups is 1. The van der Waals surface area contributed by atoms with E-state index in [1.165, 1.54) is 14.2 Å². The molecule has 3 amide bonds. The van der Waals surface area contributed by atoms with E-state index in [2.05, 4.69) is 20.7 Å². The number of nitrogens with one attached hydrogen (secondary N) is 3. The predicted octanol–water partition coefficient (Wildman–Crippen LogP) is -0.0541. The number of esters is 1. The Hall–Kier alpha value is -2.41. The minimum Gasteiger partial charge on any atom is -0.468 e. The van der Waals surface area contributed by atoms with Crippen LogP contribution in [0, 0.1) is 0 Å². The number of hydrogen-bond acceptors (Lipinski definition) is 5. The molecule has 0 spiro atoms. The van der Waals surface area contributed by atoms with Gasteiger partial charge in [0, 0.05) is 7.05 Å². The molecule has 0 aliphatic heterocycles. The molecule has 0 aliphatic carbocycles. The molecule has 0 fully saturated rings. The zero-order chi connectivity index (χ0) is 15.0. The standard InChI is InChI=1S/C13H17N3O4/c1-14-13(19)16-10(17)8-15-11(12(18)20-2)9-6-4-3-5-7-9/h3-7,11,15H,8H2,1-2H3,(H2,14,16,17,19). The van der Waals surface area contributed by atoms with E-state index in [-0.39, 0.29) is 6.54 Å². The van der Waals surface area contributed by atoms with Crippen molar-refractivity contribution in [1.29, 1.82) is 0 Å². The molecule has 0 bridgehead atoms. The first-order valence-electron chi connectivity index (χ1n) is 5.96. The lowest BCUT2D eigenvalue weighted by atomic mass is 10.1. The maximum Gasteiger partial charge on any atom is 0.327 e. The summed E-state index contributed by atoms with van der Waals surface area (Å²) in [5.41, 5.74) is 0.673. The molecule has 7 nitrogen and oxygen atoms in total. The largest absolute Gasteiger partial charge is 0.468 e. The van der Waals surface area contributed by atoms with Gasteiger partial charge >= 0.3 is 12.0 Å². The van der Waals surface area contributed by atoms with Crippen molar-refractivity contribution in [2.24, 2.45) is 0 Å². The van der Waals surface area contributed by atoms with Crippen molar-refractivity contribution in [2.45, 2.75) is 6.04 Å². The number of benzene rings is 1. The van der Waals surface area contributed by atoms with Gasteiger partial charge in [-0.25, -0.2) is 9.59 Å².